The summed E-state index contributed by atoms with van der Waals surface area (Å²) in [7, 11) is 0. The van der Waals surface area contributed by atoms with Crippen LogP contribution in [0.3, 0.4) is 0 Å². The van der Waals surface area contributed by atoms with Gasteiger partial charge >= 0.3 is 5.97 Å². The Morgan fingerprint density at radius 2 is 2.17 bits per heavy atom. The van der Waals surface area contributed by atoms with Gasteiger partial charge in [-0.3, -0.25) is 0 Å². The Morgan fingerprint density at radius 1 is 1.39 bits per heavy atom. The summed E-state index contributed by atoms with van der Waals surface area (Å²) in [6.45, 7) is 3.69. The Labute approximate surface area is 106 Å². The molecular formula is C15H16O3. The second-order valence-corrected chi connectivity index (χ2v) is 4.32. The van der Waals surface area contributed by atoms with E-state index in [4.69, 9.17) is 4.74 Å². The number of hydrogen-bond acceptors (Lipinski definition) is 3. The lowest BCUT2D eigenvalue weighted by Crippen LogP contribution is -2.26. The maximum Gasteiger partial charge on any atom is 0.342 e. The molecule has 1 aliphatic heterocycles. The summed E-state index contributed by atoms with van der Waals surface area (Å²) in [6.07, 6.45) is 7.83. The number of phenols is 1. The van der Waals surface area contributed by atoms with Crippen molar-refractivity contribution in [3.05, 3.63) is 53.1 Å². The van der Waals surface area contributed by atoms with Crippen molar-refractivity contribution >= 4 is 5.97 Å². The normalized spacial score (nSPS) is 19.2. The fourth-order valence-electron chi connectivity index (χ4n) is 2.00. The van der Waals surface area contributed by atoms with Crippen molar-refractivity contribution in [1.29, 1.82) is 0 Å². The van der Waals surface area contributed by atoms with Crippen molar-refractivity contribution in [2.75, 3.05) is 0 Å². The average molecular weight is 244 g/mol. The lowest BCUT2D eigenvalue weighted by atomic mass is 9.95. The molecule has 1 heterocycles. The zero-order valence-corrected chi connectivity index (χ0v) is 10.5. The van der Waals surface area contributed by atoms with E-state index in [9.17, 15) is 9.90 Å². The number of benzene rings is 1. The number of aryl methyl sites for hydroxylation is 1. The van der Waals surface area contributed by atoms with E-state index >= 15 is 0 Å². The monoisotopic (exact) mass is 244 g/mol. The second-order valence-electron chi connectivity index (χ2n) is 4.32. The Morgan fingerprint density at radius 3 is 2.89 bits per heavy atom. The molecule has 0 saturated heterocycles. The molecule has 94 valence electrons. The number of hydrogen-bond donors (Lipinski definition) is 1. The van der Waals surface area contributed by atoms with E-state index in [1.165, 1.54) is 0 Å². The molecular weight excluding hydrogens is 228 g/mol. The molecule has 18 heavy (non-hydrogen) atoms. The van der Waals surface area contributed by atoms with Gasteiger partial charge in [0, 0.05) is 6.42 Å². The van der Waals surface area contributed by atoms with Crippen LogP contribution in [0, 0.1) is 6.92 Å². The minimum atomic E-state index is -0.451. The third kappa shape index (κ3) is 2.30. The largest absolute Gasteiger partial charge is 0.507 e. The van der Waals surface area contributed by atoms with Gasteiger partial charge in [-0.15, -0.1) is 0 Å². The highest BCUT2D eigenvalue weighted by Gasteiger charge is 2.28. The number of rotatable bonds is 2. The molecule has 0 fully saturated rings. The van der Waals surface area contributed by atoms with Crippen LogP contribution in [-0.2, 0) is 11.2 Å². The summed E-state index contributed by atoms with van der Waals surface area (Å²) in [5.41, 5.74) is 1.84. The highest BCUT2D eigenvalue weighted by molar-refractivity contribution is 5.95. The molecule has 0 spiro atoms. The van der Waals surface area contributed by atoms with Crippen molar-refractivity contribution in [3.63, 3.8) is 0 Å². The zero-order valence-electron chi connectivity index (χ0n) is 10.5. The van der Waals surface area contributed by atoms with Crippen LogP contribution >= 0.6 is 0 Å². The van der Waals surface area contributed by atoms with Gasteiger partial charge in [0.25, 0.3) is 0 Å². The lowest BCUT2D eigenvalue weighted by Gasteiger charge is -2.23. The predicted molar refractivity (Wildman–Crippen MR) is 69.7 cm³/mol. The lowest BCUT2D eigenvalue weighted by molar-refractivity contribution is 0.0353. The van der Waals surface area contributed by atoms with Crippen molar-refractivity contribution in [2.45, 2.75) is 26.4 Å². The van der Waals surface area contributed by atoms with Gasteiger partial charge in [0.2, 0.25) is 0 Å². The highest BCUT2D eigenvalue weighted by Crippen LogP contribution is 2.31. The van der Waals surface area contributed by atoms with Crippen LogP contribution in [0.5, 0.6) is 5.75 Å². The maximum atomic E-state index is 11.9. The Kier molecular flexibility index (Phi) is 3.51. The van der Waals surface area contributed by atoms with Crippen LogP contribution in [0.25, 0.3) is 0 Å². The van der Waals surface area contributed by atoms with E-state index in [1.54, 1.807) is 6.92 Å². The quantitative estimate of drug-likeness (QED) is 0.642. The number of carbonyl (C=O) groups excluding carboxylic acids is 1. The average Bonchev–Trinajstić information content (AvgIpc) is 2.34. The first kappa shape index (κ1) is 12.4. The van der Waals surface area contributed by atoms with E-state index in [1.807, 2.05) is 43.4 Å². The molecule has 3 heteroatoms. The van der Waals surface area contributed by atoms with Crippen LogP contribution in [0.2, 0.25) is 0 Å². The summed E-state index contributed by atoms with van der Waals surface area (Å²) in [5, 5.41) is 9.88. The number of ether oxygens (including phenoxy) is 1. The van der Waals surface area contributed by atoms with Gasteiger partial charge in [0.05, 0.1) is 0 Å². The minimum absolute atomic E-state index is 0.0355. The Bertz CT molecular complexity index is 527. The summed E-state index contributed by atoms with van der Waals surface area (Å²) >= 11 is 0. The van der Waals surface area contributed by atoms with Gasteiger partial charge in [-0.05, 0) is 31.1 Å². The fraction of sp³-hybridized carbons (Fsp3) is 0.267. The van der Waals surface area contributed by atoms with E-state index in [-0.39, 0.29) is 11.9 Å². The predicted octanol–water partition coefficient (Wildman–Crippen LogP) is 2.91. The highest BCUT2D eigenvalue weighted by atomic mass is 16.5. The van der Waals surface area contributed by atoms with Crippen LogP contribution < -0.4 is 0 Å². The van der Waals surface area contributed by atoms with E-state index < -0.39 is 5.97 Å². The number of carbonyl (C=O) groups is 1. The summed E-state index contributed by atoms with van der Waals surface area (Å²) in [5.74, 6) is -0.416. The third-order valence-electron chi connectivity index (χ3n) is 2.98. The van der Waals surface area contributed by atoms with Gasteiger partial charge < -0.3 is 9.84 Å². The SMILES string of the molecule is C/C=C/C=C/[C@@H]1Cc2ccc(C)c(O)c2C(=O)O1. The van der Waals surface area contributed by atoms with Gasteiger partial charge in [-0.2, -0.15) is 0 Å². The van der Waals surface area contributed by atoms with E-state index in [0.717, 1.165) is 5.56 Å². The van der Waals surface area contributed by atoms with E-state index in [2.05, 4.69) is 0 Å². The molecule has 2 rings (SSSR count). The number of aromatic hydroxyl groups is 1. The topological polar surface area (TPSA) is 46.5 Å². The molecule has 0 aromatic heterocycles. The van der Waals surface area contributed by atoms with Crippen molar-refractivity contribution < 1.29 is 14.6 Å². The molecule has 1 aliphatic rings. The first-order valence-corrected chi connectivity index (χ1v) is 5.95. The molecule has 0 bridgehead atoms. The zero-order chi connectivity index (χ0) is 13.1. The maximum absolute atomic E-state index is 11.9. The van der Waals surface area contributed by atoms with Crippen molar-refractivity contribution in [2.24, 2.45) is 0 Å². The van der Waals surface area contributed by atoms with Gasteiger partial charge in [0.1, 0.15) is 17.4 Å². The molecule has 1 aromatic rings. The molecule has 3 nitrogen and oxygen atoms in total. The molecule has 0 unspecified atom stereocenters. The molecule has 1 aromatic carbocycles. The van der Waals surface area contributed by atoms with Crippen LogP contribution in [-0.4, -0.2) is 17.2 Å². The van der Waals surface area contributed by atoms with Gasteiger partial charge in [-0.25, -0.2) is 4.79 Å². The first-order chi connectivity index (χ1) is 8.63. The van der Waals surface area contributed by atoms with Crippen LogP contribution in [0.4, 0.5) is 0 Å². The second kappa shape index (κ2) is 5.08. The smallest absolute Gasteiger partial charge is 0.342 e. The summed E-state index contributed by atoms with van der Waals surface area (Å²) < 4.78 is 5.28. The molecule has 0 saturated carbocycles. The van der Waals surface area contributed by atoms with Crippen LogP contribution in [0.1, 0.15) is 28.4 Å². The third-order valence-corrected chi connectivity index (χ3v) is 2.98. The minimum Gasteiger partial charge on any atom is -0.507 e. The van der Waals surface area contributed by atoms with Gasteiger partial charge in [-0.1, -0.05) is 30.4 Å². The van der Waals surface area contributed by atoms with Crippen LogP contribution in [0.15, 0.2) is 36.4 Å². The van der Waals surface area contributed by atoms with Crippen molar-refractivity contribution in [1.82, 2.24) is 0 Å². The van der Waals surface area contributed by atoms with E-state index in [0.29, 0.717) is 17.5 Å². The molecule has 0 amide bonds. The summed E-state index contributed by atoms with van der Waals surface area (Å²) in [4.78, 5) is 11.9. The number of allylic oxidation sites excluding steroid dienone is 3. The van der Waals surface area contributed by atoms with Gasteiger partial charge in [0.15, 0.2) is 0 Å². The fourth-order valence-corrected chi connectivity index (χ4v) is 2.00. The number of cyclic esters (lactones) is 1. The Hall–Kier alpha value is -2.03. The van der Waals surface area contributed by atoms with Crippen molar-refractivity contribution in [3.8, 4) is 5.75 Å². The first-order valence-electron chi connectivity index (χ1n) is 5.95. The molecule has 0 radical (unpaired) electrons. The molecule has 1 N–H and O–H groups in total. The number of fused-ring (bicyclic) bond motifs is 1. The molecule has 1 atom stereocenters. The Balaban J connectivity index is 2.30. The number of esters is 1. The standard InChI is InChI=1S/C15H16O3/c1-3-4-5-6-12-9-11-8-7-10(2)14(16)13(11)15(17)18-12/h3-8,12,16H,9H2,1-2H3/b4-3+,6-5+/t12-/m1/s1. The molecule has 0 aliphatic carbocycles. The number of phenolic OH excluding ortho intramolecular Hbond substituents is 1. The summed E-state index contributed by atoms with van der Waals surface area (Å²) in [6, 6.07) is 3.70.